The van der Waals surface area contributed by atoms with Crippen LogP contribution in [0.25, 0.3) is 0 Å². The summed E-state index contributed by atoms with van der Waals surface area (Å²) in [5.74, 6) is -3.82. The quantitative estimate of drug-likeness (QED) is 0.221. The third-order valence-corrected chi connectivity index (χ3v) is 2.51. The molecule has 0 rings (SSSR count). The second kappa shape index (κ2) is 9.65. The topological polar surface area (TPSA) is 191 Å². The Labute approximate surface area is 125 Å². The number of hydrogen-bond acceptors (Lipinski definition) is 7. The molecule has 126 valence electrons. The minimum absolute atomic E-state index is 0.314. The summed E-state index contributed by atoms with van der Waals surface area (Å²) in [6, 6.07) is -3.02. The molecule has 3 unspecified atom stereocenters. The third kappa shape index (κ3) is 6.97. The summed E-state index contributed by atoms with van der Waals surface area (Å²) >= 11 is 0. The van der Waals surface area contributed by atoms with Gasteiger partial charge in [0.15, 0.2) is 6.04 Å². The smallest absolute Gasteiger partial charge is 0.328 e. The number of nitrogens with two attached hydrogens (primary N) is 1. The zero-order valence-corrected chi connectivity index (χ0v) is 11.9. The van der Waals surface area contributed by atoms with Gasteiger partial charge in [0.05, 0.1) is 25.8 Å². The molecule has 11 nitrogen and oxygen atoms in total. The van der Waals surface area contributed by atoms with Gasteiger partial charge in [-0.05, 0) is 6.92 Å². The van der Waals surface area contributed by atoms with Crippen molar-refractivity contribution in [1.82, 2.24) is 16.0 Å². The van der Waals surface area contributed by atoms with Gasteiger partial charge >= 0.3 is 5.97 Å². The van der Waals surface area contributed by atoms with E-state index in [1.54, 1.807) is 0 Å². The third-order valence-electron chi connectivity index (χ3n) is 2.51. The minimum Gasteiger partial charge on any atom is -0.480 e. The summed E-state index contributed by atoms with van der Waals surface area (Å²) in [4.78, 5) is 44.9. The van der Waals surface area contributed by atoms with Gasteiger partial charge in [-0.2, -0.15) is 0 Å². The van der Waals surface area contributed by atoms with E-state index in [1.807, 2.05) is 5.32 Å². The number of carboxylic acid groups (broad SMARTS) is 1. The van der Waals surface area contributed by atoms with E-state index in [9.17, 15) is 24.3 Å². The van der Waals surface area contributed by atoms with Gasteiger partial charge < -0.3 is 37.0 Å². The molecule has 0 radical (unpaired) electrons. The first-order valence-electron chi connectivity index (χ1n) is 6.31. The zero-order chi connectivity index (χ0) is 17.3. The lowest BCUT2D eigenvalue weighted by atomic mass is 10.1. The van der Waals surface area contributed by atoms with Crippen molar-refractivity contribution in [2.45, 2.75) is 25.1 Å². The summed E-state index contributed by atoms with van der Waals surface area (Å²) in [7, 11) is 0. The standard InChI is InChI=1S/C11H20N4O7/c1-5(17)9(11(21)22)15-10(20)6(4-16)14-8(19)3-13-7(18)2-12/h5-6,9,16-17H,2-4,12H2,1H3,(H,13,18)(H,14,19)(H,15,20)(H,21,22). The van der Waals surface area contributed by atoms with Crippen molar-refractivity contribution in [3.05, 3.63) is 0 Å². The maximum absolute atomic E-state index is 11.8. The van der Waals surface area contributed by atoms with Gasteiger partial charge in [-0.25, -0.2) is 4.79 Å². The van der Waals surface area contributed by atoms with Crippen molar-refractivity contribution in [2.24, 2.45) is 5.73 Å². The fourth-order valence-corrected chi connectivity index (χ4v) is 1.33. The Hall–Kier alpha value is -2.24. The van der Waals surface area contributed by atoms with Gasteiger partial charge in [-0.15, -0.1) is 0 Å². The van der Waals surface area contributed by atoms with E-state index >= 15 is 0 Å². The molecule has 3 atom stereocenters. The van der Waals surface area contributed by atoms with Crippen molar-refractivity contribution in [3.8, 4) is 0 Å². The molecule has 0 saturated heterocycles. The Morgan fingerprint density at radius 2 is 1.73 bits per heavy atom. The average Bonchev–Trinajstić information content (AvgIpc) is 2.46. The molecule has 8 N–H and O–H groups in total. The summed E-state index contributed by atoms with van der Waals surface area (Å²) < 4.78 is 0. The second-order valence-corrected chi connectivity index (χ2v) is 4.35. The molecule has 0 aliphatic carbocycles. The lowest BCUT2D eigenvalue weighted by Crippen LogP contribution is -2.56. The molecule has 0 saturated carbocycles. The van der Waals surface area contributed by atoms with Gasteiger partial charge in [0.25, 0.3) is 0 Å². The number of aliphatic hydroxyl groups excluding tert-OH is 2. The summed E-state index contributed by atoms with van der Waals surface area (Å²) in [5, 5.41) is 33.3. The number of carbonyl (C=O) groups is 4. The SMILES string of the molecule is CC(O)C(NC(=O)C(CO)NC(=O)CNC(=O)CN)C(=O)O. The van der Waals surface area contributed by atoms with E-state index in [0.29, 0.717) is 0 Å². The number of carbonyl (C=O) groups excluding carboxylic acids is 3. The molecular weight excluding hydrogens is 300 g/mol. The molecular formula is C11H20N4O7. The highest BCUT2D eigenvalue weighted by atomic mass is 16.4. The molecule has 0 aromatic heterocycles. The molecule has 0 heterocycles. The van der Waals surface area contributed by atoms with Crippen molar-refractivity contribution >= 4 is 23.7 Å². The Balaban J connectivity index is 4.55. The van der Waals surface area contributed by atoms with E-state index in [-0.39, 0.29) is 6.54 Å². The Morgan fingerprint density at radius 1 is 1.14 bits per heavy atom. The summed E-state index contributed by atoms with van der Waals surface area (Å²) in [6.07, 6.45) is -1.37. The van der Waals surface area contributed by atoms with E-state index in [1.165, 1.54) is 0 Å². The Bertz CT molecular complexity index is 427. The highest BCUT2D eigenvalue weighted by molar-refractivity contribution is 5.92. The van der Waals surface area contributed by atoms with Crippen LogP contribution in [0.1, 0.15) is 6.92 Å². The van der Waals surface area contributed by atoms with Crippen LogP contribution >= 0.6 is 0 Å². The first kappa shape index (κ1) is 19.8. The lowest BCUT2D eigenvalue weighted by molar-refractivity contribution is -0.145. The van der Waals surface area contributed by atoms with Crippen molar-refractivity contribution in [2.75, 3.05) is 19.7 Å². The van der Waals surface area contributed by atoms with Crippen molar-refractivity contribution in [3.63, 3.8) is 0 Å². The van der Waals surface area contributed by atoms with E-state index in [2.05, 4.69) is 10.6 Å². The van der Waals surface area contributed by atoms with Gasteiger partial charge in [0.1, 0.15) is 6.04 Å². The summed E-state index contributed by atoms with van der Waals surface area (Å²) in [6.45, 7) is -0.410. The van der Waals surface area contributed by atoms with Gasteiger partial charge in [0.2, 0.25) is 17.7 Å². The van der Waals surface area contributed by atoms with E-state index < -0.39 is 55.0 Å². The van der Waals surface area contributed by atoms with Crippen molar-refractivity contribution in [1.29, 1.82) is 0 Å². The van der Waals surface area contributed by atoms with Crippen LogP contribution in [0.4, 0.5) is 0 Å². The van der Waals surface area contributed by atoms with Crippen LogP contribution < -0.4 is 21.7 Å². The molecule has 0 fully saturated rings. The lowest BCUT2D eigenvalue weighted by Gasteiger charge is -2.21. The number of aliphatic hydroxyl groups is 2. The predicted molar refractivity (Wildman–Crippen MR) is 72.3 cm³/mol. The monoisotopic (exact) mass is 320 g/mol. The van der Waals surface area contributed by atoms with Crippen LogP contribution in [0, 0.1) is 0 Å². The van der Waals surface area contributed by atoms with Crippen LogP contribution in [-0.4, -0.2) is 76.9 Å². The number of carboxylic acids is 1. The predicted octanol–water partition coefficient (Wildman–Crippen LogP) is -4.51. The van der Waals surface area contributed by atoms with Crippen molar-refractivity contribution < 1.29 is 34.5 Å². The molecule has 0 aromatic carbocycles. The fourth-order valence-electron chi connectivity index (χ4n) is 1.33. The fraction of sp³-hybridized carbons (Fsp3) is 0.636. The average molecular weight is 320 g/mol. The van der Waals surface area contributed by atoms with Crippen LogP contribution in [0.3, 0.4) is 0 Å². The molecule has 0 spiro atoms. The number of aliphatic carboxylic acids is 1. The van der Waals surface area contributed by atoms with E-state index in [0.717, 1.165) is 6.92 Å². The Morgan fingerprint density at radius 3 is 2.14 bits per heavy atom. The first-order valence-corrected chi connectivity index (χ1v) is 6.31. The molecule has 0 aliphatic rings. The van der Waals surface area contributed by atoms with E-state index in [4.69, 9.17) is 15.9 Å². The number of nitrogens with one attached hydrogen (secondary N) is 3. The van der Waals surface area contributed by atoms with Crippen LogP contribution in [-0.2, 0) is 19.2 Å². The highest BCUT2D eigenvalue weighted by Gasteiger charge is 2.29. The normalized spacial score (nSPS) is 14.4. The molecule has 0 bridgehead atoms. The van der Waals surface area contributed by atoms with Gasteiger partial charge in [0, 0.05) is 0 Å². The van der Waals surface area contributed by atoms with Crippen LogP contribution in [0.5, 0.6) is 0 Å². The van der Waals surface area contributed by atoms with Crippen LogP contribution in [0.15, 0.2) is 0 Å². The zero-order valence-electron chi connectivity index (χ0n) is 11.9. The Kier molecular flexibility index (Phi) is 8.67. The highest BCUT2D eigenvalue weighted by Crippen LogP contribution is 1.95. The molecule has 0 aromatic rings. The number of hydrogen-bond donors (Lipinski definition) is 7. The largest absolute Gasteiger partial charge is 0.480 e. The maximum atomic E-state index is 11.8. The first-order chi connectivity index (χ1) is 10.2. The number of rotatable bonds is 9. The van der Waals surface area contributed by atoms with Crippen LogP contribution in [0.2, 0.25) is 0 Å². The molecule has 11 heteroatoms. The molecule has 3 amide bonds. The molecule has 22 heavy (non-hydrogen) atoms. The number of amides is 3. The van der Waals surface area contributed by atoms with Gasteiger partial charge in [-0.3, -0.25) is 14.4 Å². The van der Waals surface area contributed by atoms with Gasteiger partial charge in [-0.1, -0.05) is 0 Å². The summed E-state index contributed by atoms with van der Waals surface area (Å²) in [5.41, 5.74) is 5.02. The minimum atomic E-state index is -1.59. The molecule has 0 aliphatic heterocycles. The second-order valence-electron chi connectivity index (χ2n) is 4.35. The maximum Gasteiger partial charge on any atom is 0.328 e.